The Labute approximate surface area is 70.2 Å². The molecule has 0 aliphatic rings. The molecule has 0 unspecified atom stereocenters. The quantitative estimate of drug-likeness (QED) is 0.689. The third-order valence-corrected chi connectivity index (χ3v) is 2.11. The van der Waals surface area contributed by atoms with E-state index in [0.29, 0.717) is 5.75 Å². The van der Waals surface area contributed by atoms with E-state index in [2.05, 4.69) is 0 Å². The third-order valence-electron chi connectivity index (χ3n) is 1.39. The molecule has 60 valence electrons. The summed E-state index contributed by atoms with van der Waals surface area (Å²) in [4.78, 5) is 1.03. The lowest BCUT2D eigenvalue weighted by Crippen LogP contribution is -1.82. The minimum absolute atomic E-state index is 0.194. The van der Waals surface area contributed by atoms with Crippen LogP contribution in [0, 0.1) is 0 Å². The van der Waals surface area contributed by atoms with Crippen molar-refractivity contribution in [1.82, 2.24) is 0 Å². The van der Waals surface area contributed by atoms with E-state index in [1.807, 2.05) is 12.3 Å². The van der Waals surface area contributed by atoms with Crippen LogP contribution in [0.5, 0.6) is 11.5 Å². The molecule has 1 N–H and O–H groups in total. The molecule has 0 atom stereocenters. The number of phenols is 1. The fraction of sp³-hybridized carbons (Fsp3) is 0.250. The summed E-state index contributed by atoms with van der Waals surface area (Å²) in [5, 5.41) is 9.28. The van der Waals surface area contributed by atoms with Gasteiger partial charge in [0.05, 0.1) is 7.11 Å². The van der Waals surface area contributed by atoms with Crippen LogP contribution >= 0.6 is 11.8 Å². The molecule has 0 saturated heterocycles. The molecule has 0 spiro atoms. The number of aromatic hydroxyl groups is 1. The van der Waals surface area contributed by atoms with Gasteiger partial charge in [-0.05, 0) is 24.5 Å². The van der Waals surface area contributed by atoms with Gasteiger partial charge >= 0.3 is 0 Å². The van der Waals surface area contributed by atoms with E-state index in [1.54, 1.807) is 23.9 Å². The van der Waals surface area contributed by atoms with Gasteiger partial charge in [-0.25, -0.2) is 0 Å². The first kappa shape index (κ1) is 8.27. The van der Waals surface area contributed by atoms with Gasteiger partial charge in [-0.3, -0.25) is 0 Å². The number of ether oxygens (including phenoxy) is 1. The largest absolute Gasteiger partial charge is 0.504 e. The van der Waals surface area contributed by atoms with E-state index >= 15 is 0 Å². The van der Waals surface area contributed by atoms with Gasteiger partial charge in [-0.1, -0.05) is 0 Å². The van der Waals surface area contributed by atoms with Crippen molar-refractivity contribution in [1.29, 1.82) is 0 Å². The fourth-order valence-electron chi connectivity index (χ4n) is 0.797. The molecule has 0 radical (unpaired) electrons. The first-order valence-corrected chi connectivity index (χ1v) is 4.41. The molecule has 0 bridgehead atoms. The van der Waals surface area contributed by atoms with E-state index in [4.69, 9.17) is 4.74 Å². The standard InChI is InChI=1S/C8H10O2S/c1-10-8-4-3-6(11-2)5-7(8)9/h3-5,9H,1-2H3. The number of rotatable bonds is 2. The van der Waals surface area contributed by atoms with Crippen LogP contribution in [0.1, 0.15) is 0 Å². The maximum Gasteiger partial charge on any atom is 0.160 e. The lowest BCUT2D eigenvalue weighted by atomic mass is 10.3. The van der Waals surface area contributed by atoms with E-state index in [1.165, 1.54) is 7.11 Å². The smallest absolute Gasteiger partial charge is 0.160 e. The van der Waals surface area contributed by atoms with Gasteiger partial charge in [-0.15, -0.1) is 11.8 Å². The molecule has 2 nitrogen and oxygen atoms in total. The molecule has 11 heavy (non-hydrogen) atoms. The van der Waals surface area contributed by atoms with Crippen molar-refractivity contribution < 1.29 is 9.84 Å². The highest BCUT2D eigenvalue weighted by Crippen LogP contribution is 2.29. The Morgan fingerprint density at radius 2 is 2.18 bits per heavy atom. The van der Waals surface area contributed by atoms with E-state index in [-0.39, 0.29) is 5.75 Å². The van der Waals surface area contributed by atoms with Crippen LogP contribution in [0.4, 0.5) is 0 Å². The van der Waals surface area contributed by atoms with E-state index in [9.17, 15) is 5.11 Å². The molecule has 0 aromatic heterocycles. The van der Waals surface area contributed by atoms with Gasteiger partial charge in [0, 0.05) is 4.90 Å². The fourth-order valence-corrected chi connectivity index (χ4v) is 1.23. The van der Waals surface area contributed by atoms with Crippen LogP contribution in [0.2, 0.25) is 0 Å². The van der Waals surface area contributed by atoms with Crippen molar-refractivity contribution in [3.05, 3.63) is 18.2 Å². The van der Waals surface area contributed by atoms with Crippen molar-refractivity contribution >= 4 is 11.8 Å². The minimum atomic E-state index is 0.194. The minimum Gasteiger partial charge on any atom is -0.504 e. The van der Waals surface area contributed by atoms with Crippen LogP contribution < -0.4 is 4.74 Å². The van der Waals surface area contributed by atoms with Gasteiger partial charge in [-0.2, -0.15) is 0 Å². The lowest BCUT2D eigenvalue weighted by molar-refractivity contribution is 0.372. The SMILES string of the molecule is COc1ccc(SC)cc1O. The Bertz CT molecular complexity index is 248. The average Bonchev–Trinajstić information content (AvgIpc) is 2.04. The highest BCUT2D eigenvalue weighted by atomic mass is 32.2. The maximum atomic E-state index is 9.28. The Morgan fingerprint density at radius 3 is 2.64 bits per heavy atom. The first-order valence-electron chi connectivity index (χ1n) is 3.19. The summed E-state index contributed by atoms with van der Waals surface area (Å²) >= 11 is 1.59. The van der Waals surface area contributed by atoms with Gasteiger partial charge < -0.3 is 9.84 Å². The van der Waals surface area contributed by atoms with Crippen molar-refractivity contribution in [2.75, 3.05) is 13.4 Å². The topological polar surface area (TPSA) is 29.5 Å². The lowest BCUT2D eigenvalue weighted by Gasteiger charge is -2.03. The zero-order valence-electron chi connectivity index (χ0n) is 6.50. The van der Waals surface area contributed by atoms with Crippen LogP contribution in [0.15, 0.2) is 23.1 Å². The second kappa shape index (κ2) is 3.53. The molecule has 0 saturated carbocycles. The first-order chi connectivity index (χ1) is 5.27. The molecule has 1 aromatic carbocycles. The molecular formula is C8H10O2S. The van der Waals surface area contributed by atoms with Crippen LogP contribution in [-0.4, -0.2) is 18.5 Å². The molecule has 3 heteroatoms. The summed E-state index contributed by atoms with van der Waals surface area (Å²) in [7, 11) is 1.54. The normalized spacial score (nSPS) is 9.64. The monoisotopic (exact) mass is 170 g/mol. The van der Waals surface area contributed by atoms with Gasteiger partial charge in [0.2, 0.25) is 0 Å². The zero-order chi connectivity index (χ0) is 8.27. The molecule has 0 aliphatic heterocycles. The van der Waals surface area contributed by atoms with Crippen molar-refractivity contribution in [2.45, 2.75) is 4.90 Å². The molecule has 0 fully saturated rings. The maximum absolute atomic E-state index is 9.28. The van der Waals surface area contributed by atoms with Crippen LogP contribution in [-0.2, 0) is 0 Å². The third kappa shape index (κ3) is 1.80. The van der Waals surface area contributed by atoms with E-state index < -0.39 is 0 Å². The molecular weight excluding hydrogens is 160 g/mol. The molecule has 0 aliphatic carbocycles. The molecule has 1 rings (SSSR count). The predicted molar refractivity (Wildman–Crippen MR) is 46.4 cm³/mol. The number of benzene rings is 1. The number of methoxy groups -OCH3 is 1. The van der Waals surface area contributed by atoms with E-state index in [0.717, 1.165) is 4.90 Å². The van der Waals surface area contributed by atoms with Crippen molar-refractivity contribution in [2.24, 2.45) is 0 Å². The highest BCUT2D eigenvalue weighted by molar-refractivity contribution is 7.98. The van der Waals surface area contributed by atoms with Gasteiger partial charge in [0.1, 0.15) is 0 Å². The predicted octanol–water partition coefficient (Wildman–Crippen LogP) is 2.12. The summed E-state index contributed by atoms with van der Waals surface area (Å²) in [6, 6.07) is 5.34. The molecule has 0 amide bonds. The summed E-state index contributed by atoms with van der Waals surface area (Å²) < 4.78 is 4.89. The highest BCUT2D eigenvalue weighted by Gasteiger charge is 2.00. The second-order valence-electron chi connectivity index (χ2n) is 2.04. The summed E-state index contributed by atoms with van der Waals surface area (Å²) in [6.07, 6.45) is 1.96. The Hall–Kier alpha value is -0.830. The summed E-state index contributed by atoms with van der Waals surface area (Å²) in [6.45, 7) is 0. The Morgan fingerprint density at radius 1 is 1.45 bits per heavy atom. The summed E-state index contributed by atoms with van der Waals surface area (Å²) in [5.74, 6) is 0.710. The average molecular weight is 170 g/mol. The Kier molecular flexibility index (Phi) is 2.65. The van der Waals surface area contributed by atoms with Gasteiger partial charge in [0.15, 0.2) is 11.5 Å². The number of hydrogen-bond acceptors (Lipinski definition) is 3. The van der Waals surface area contributed by atoms with Crippen LogP contribution in [0.3, 0.4) is 0 Å². The zero-order valence-corrected chi connectivity index (χ0v) is 7.31. The molecule has 1 aromatic rings. The second-order valence-corrected chi connectivity index (χ2v) is 2.92. The number of hydrogen-bond donors (Lipinski definition) is 1. The number of phenolic OH excluding ortho intramolecular Hbond substituents is 1. The molecule has 0 heterocycles. The van der Waals surface area contributed by atoms with Crippen molar-refractivity contribution in [3.63, 3.8) is 0 Å². The van der Waals surface area contributed by atoms with Crippen molar-refractivity contribution in [3.8, 4) is 11.5 Å². The van der Waals surface area contributed by atoms with Crippen LogP contribution in [0.25, 0.3) is 0 Å². The summed E-state index contributed by atoms with van der Waals surface area (Å²) in [5.41, 5.74) is 0. The number of thioether (sulfide) groups is 1. The Balaban J connectivity index is 2.99. The van der Waals surface area contributed by atoms with Gasteiger partial charge in [0.25, 0.3) is 0 Å².